The minimum atomic E-state index is -4.05. The molecule has 2 aromatic carbocycles. The summed E-state index contributed by atoms with van der Waals surface area (Å²) in [6.45, 7) is 1.58. The van der Waals surface area contributed by atoms with E-state index in [9.17, 15) is 22.4 Å². The van der Waals surface area contributed by atoms with Crippen LogP contribution in [0.3, 0.4) is 0 Å². The van der Waals surface area contributed by atoms with Gasteiger partial charge in [-0.25, -0.2) is 12.8 Å². The zero-order valence-electron chi connectivity index (χ0n) is 17.2. The molecule has 0 saturated carbocycles. The molecule has 1 heterocycles. The molecule has 2 amide bonds. The third kappa shape index (κ3) is 5.39. The lowest BCUT2D eigenvalue weighted by Gasteiger charge is -2.31. The van der Waals surface area contributed by atoms with Crippen LogP contribution in [-0.4, -0.2) is 44.7 Å². The largest absolute Gasteiger partial charge is 0.495 e. The molecule has 3 rings (SSSR count). The maximum atomic E-state index is 13.7. The van der Waals surface area contributed by atoms with Crippen molar-refractivity contribution < 1.29 is 27.1 Å². The Balaban J connectivity index is 1.75. The van der Waals surface area contributed by atoms with Crippen LogP contribution in [0.15, 0.2) is 47.4 Å². The van der Waals surface area contributed by atoms with Crippen LogP contribution in [0.25, 0.3) is 0 Å². The monoisotopic (exact) mass is 449 g/mol. The summed E-state index contributed by atoms with van der Waals surface area (Å²) in [5.41, 5.74) is 1.03. The summed E-state index contributed by atoms with van der Waals surface area (Å²) >= 11 is 0. The molecule has 8 nitrogen and oxygen atoms in total. The van der Waals surface area contributed by atoms with E-state index in [1.165, 1.54) is 24.4 Å². The number of carbonyl (C=O) groups excluding carboxylic acids is 2. The number of amides is 2. The first-order valence-corrected chi connectivity index (χ1v) is 11.2. The first-order chi connectivity index (χ1) is 14.7. The van der Waals surface area contributed by atoms with E-state index in [-0.39, 0.29) is 35.5 Å². The molecule has 31 heavy (non-hydrogen) atoms. The summed E-state index contributed by atoms with van der Waals surface area (Å²) in [5, 5.41) is 5.41. The molecular formula is C21H24FN3O5S. The second-order valence-electron chi connectivity index (χ2n) is 7.25. The van der Waals surface area contributed by atoms with Gasteiger partial charge in [0.25, 0.3) is 0 Å². The van der Waals surface area contributed by atoms with E-state index in [0.717, 1.165) is 12.1 Å². The van der Waals surface area contributed by atoms with E-state index >= 15 is 0 Å². The standard InChI is InChI=1S/C21H24FN3O5S/c1-14(26)23-17-6-3-7-18(12-17)24-21(27)15-5-4-10-25(13-15)31(28,29)20-11-16(22)8-9-19(20)30-2/h3,6-9,11-12,15H,4-5,10,13H2,1-2H3,(H,23,26)(H,24,27). The Morgan fingerprint density at radius 3 is 2.52 bits per heavy atom. The van der Waals surface area contributed by atoms with Crippen molar-refractivity contribution in [3.05, 3.63) is 48.3 Å². The summed E-state index contributed by atoms with van der Waals surface area (Å²) < 4.78 is 46.2. The number of nitrogens with one attached hydrogen (secondary N) is 2. The molecule has 166 valence electrons. The molecule has 1 atom stereocenters. The van der Waals surface area contributed by atoms with Gasteiger partial charge in [-0.15, -0.1) is 0 Å². The summed E-state index contributed by atoms with van der Waals surface area (Å²) in [6, 6.07) is 9.99. The number of carbonyl (C=O) groups is 2. The lowest BCUT2D eigenvalue weighted by molar-refractivity contribution is -0.121. The molecule has 2 N–H and O–H groups in total. The predicted molar refractivity (Wildman–Crippen MR) is 114 cm³/mol. The lowest BCUT2D eigenvalue weighted by atomic mass is 9.98. The molecule has 0 spiro atoms. The molecule has 1 unspecified atom stereocenters. The number of rotatable bonds is 6. The van der Waals surface area contributed by atoms with Gasteiger partial charge in [0, 0.05) is 31.4 Å². The van der Waals surface area contributed by atoms with Gasteiger partial charge in [-0.2, -0.15) is 4.31 Å². The van der Waals surface area contributed by atoms with Crippen LogP contribution in [0, 0.1) is 11.7 Å². The molecule has 1 fully saturated rings. The molecule has 0 aliphatic carbocycles. The van der Waals surface area contributed by atoms with Gasteiger partial charge in [-0.3, -0.25) is 9.59 Å². The van der Waals surface area contributed by atoms with E-state index in [4.69, 9.17) is 4.74 Å². The second-order valence-corrected chi connectivity index (χ2v) is 9.15. The third-order valence-electron chi connectivity index (χ3n) is 4.95. The fourth-order valence-electron chi connectivity index (χ4n) is 3.49. The number of piperidine rings is 1. The third-order valence-corrected chi connectivity index (χ3v) is 6.84. The molecule has 1 saturated heterocycles. The summed E-state index contributed by atoms with van der Waals surface area (Å²) in [7, 11) is -2.73. The number of anilines is 2. The number of halogens is 1. The smallest absolute Gasteiger partial charge is 0.246 e. The normalized spacial score (nSPS) is 17.1. The molecule has 1 aliphatic heterocycles. The van der Waals surface area contributed by atoms with Crippen molar-refractivity contribution in [1.29, 1.82) is 0 Å². The number of nitrogens with zero attached hydrogens (tertiary/aromatic N) is 1. The van der Waals surface area contributed by atoms with Crippen LogP contribution >= 0.6 is 0 Å². The highest BCUT2D eigenvalue weighted by atomic mass is 32.2. The average Bonchev–Trinajstić information content (AvgIpc) is 2.73. The minimum Gasteiger partial charge on any atom is -0.495 e. The van der Waals surface area contributed by atoms with Gasteiger partial charge in [0.05, 0.1) is 13.0 Å². The zero-order chi connectivity index (χ0) is 22.6. The first kappa shape index (κ1) is 22.7. The Morgan fingerprint density at radius 1 is 1.13 bits per heavy atom. The van der Waals surface area contributed by atoms with Crippen molar-refractivity contribution >= 4 is 33.2 Å². The second kappa shape index (κ2) is 9.44. The Bertz CT molecular complexity index is 1090. The lowest BCUT2D eigenvalue weighted by Crippen LogP contribution is -2.43. The maximum Gasteiger partial charge on any atom is 0.246 e. The van der Waals surface area contributed by atoms with Gasteiger partial charge < -0.3 is 15.4 Å². The number of benzene rings is 2. The maximum absolute atomic E-state index is 13.7. The van der Waals surface area contributed by atoms with Crippen molar-refractivity contribution in [2.24, 2.45) is 5.92 Å². The molecule has 0 aromatic heterocycles. The average molecular weight is 450 g/mol. The van der Waals surface area contributed by atoms with Gasteiger partial charge in [0.1, 0.15) is 16.5 Å². The Morgan fingerprint density at radius 2 is 1.84 bits per heavy atom. The molecule has 0 bridgehead atoms. The van der Waals surface area contributed by atoms with Gasteiger partial charge in [-0.1, -0.05) is 6.07 Å². The van der Waals surface area contributed by atoms with Crippen LogP contribution in [0.4, 0.5) is 15.8 Å². The number of hydrogen-bond donors (Lipinski definition) is 2. The highest BCUT2D eigenvalue weighted by Gasteiger charge is 2.35. The number of sulfonamides is 1. The molecule has 1 aliphatic rings. The van der Waals surface area contributed by atoms with E-state index in [0.29, 0.717) is 24.2 Å². The highest BCUT2D eigenvalue weighted by molar-refractivity contribution is 7.89. The van der Waals surface area contributed by atoms with E-state index < -0.39 is 21.8 Å². The number of methoxy groups -OCH3 is 1. The van der Waals surface area contributed by atoms with Gasteiger partial charge >= 0.3 is 0 Å². The van der Waals surface area contributed by atoms with Crippen LogP contribution < -0.4 is 15.4 Å². The van der Waals surface area contributed by atoms with Crippen LogP contribution in [0.5, 0.6) is 5.75 Å². The van der Waals surface area contributed by atoms with Gasteiger partial charge in [0.2, 0.25) is 21.8 Å². The van der Waals surface area contributed by atoms with Crippen molar-refractivity contribution in [2.45, 2.75) is 24.7 Å². The molecular weight excluding hydrogens is 425 g/mol. The number of ether oxygens (including phenoxy) is 1. The SMILES string of the molecule is COc1ccc(F)cc1S(=O)(=O)N1CCCC(C(=O)Nc2cccc(NC(C)=O)c2)C1. The van der Waals surface area contributed by atoms with Crippen LogP contribution in [0.1, 0.15) is 19.8 Å². The van der Waals surface area contributed by atoms with E-state index in [1.807, 2.05) is 0 Å². The van der Waals surface area contributed by atoms with Crippen molar-refractivity contribution in [2.75, 3.05) is 30.8 Å². The van der Waals surface area contributed by atoms with E-state index in [2.05, 4.69) is 10.6 Å². The Kier molecular flexibility index (Phi) is 6.91. The minimum absolute atomic E-state index is 0.0286. The van der Waals surface area contributed by atoms with Crippen LogP contribution in [0.2, 0.25) is 0 Å². The zero-order valence-corrected chi connectivity index (χ0v) is 18.0. The fraction of sp³-hybridized carbons (Fsp3) is 0.333. The molecule has 10 heteroatoms. The quantitative estimate of drug-likeness (QED) is 0.706. The number of hydrogen-bond acceptors (Lipinski definition) is 5. The summed E-state index contributed by atoms with van der Waals surface area (Å²) in [5.74, 6) is -1.78. The summed E-state index contributed by atoms with van der Waals surface area (Å²) in [4.78, 5) is 23.7. The van der Waals surface area contributed by atoms with Crippen LogP contribution in [-0.2, 0) is 19.6 Å². The van der Waals surface area contributed by atoms with E-state index in [1.54, 1.807) is 24.3 Å². The Hall–Kier alpha value is -2.98. The highest BCUT2D eigenvalue weighted by Crippen LogP contribution is 2.31. The molecule has 0 radical (unpaired) electrons. The van der Waals surface area contributed by atoms with Crippen molar-refractivity contribution in [3.8, 4) is 5.75 Å². The van der Waals surface area contributed by atoms with Gasteiger partial charge in [-0.05, 0) is 49.2 Å². The Labute approximate surface area is 180 Å². The van der Waals surface area contributed by atoms with Crippen molar-refractivity contribution in [1.82, 2.24) is 4.31 Å². The van der Waals surface area contributed by atoms with Gasteiger partial charge in [0.15, 0.2) is 0 Å². The topological polar surface area (TPSA) is 105 Å². The molecule has 2 aromatic rings. The fourth-order valence-corrected chi connectivity index (χ4v) is 5.18. The first-order valence-electron chi connectivity index (χ1n) is 9.73. The summed E-state index contributed by atoms with van der Waals surface area (Å²) in [6.07, 6.45) is 1.00. The van der Waals surface area contributed by atoms with Crippen molar-refractivity contribution in [3.63, 3.8) is 0 Å². The predicted octanol–water partition coefficient (Wildman–Crippen LogP) is 2.83.